The predicted molar refractivity (Wildman–Crippen MR) is 61.5 cm³/mol. The third-order valence-corrected chi connectivity index (χ3v) is 2.42. The average Bonchev–Trinajstić information content (AvgIpc) is 2.09. The van der Waals surface area contributed by atoms with Crippen molar-refractivity contribution in [2.24, 2.45) is 5.73 Å². The van der Waals surface area contributed by atoms with Gasteiger partial charge in [0, 0.05) is 18.3 Å². The van der Waals surface area contributed by atoms with Gasteiger partial charge in [-0.05, 0) is 36.4 Å². The molecule has 0 fully saturated rings. The minimum Gasteiger partial charge on any atom is -0.363 e. The SMILES string of the molecule is CC(C)(CN)Nc1ncncc1I. The lowest BCUT2D eigenvalue weighted by molar-refractivity contribution is 0.576. The Bertz CT molecular complexity index is 287. The number of aromatic nitrogens is 2. The maximum Gasteiger partial charge on any atom is 0.143 e. The summed E-state index contributed by atoms with van der Waals surface area (Å²) in [6, 6.07) is 0. The summed E-state index contributed by atoms with van der Waals surface area (Å²) in [5.41, 5.74) is 5.47. The molecule has 72 valence electrons. The van der Waals surface area contributed by atoms with Crippen LogP contribution >= 0.6 is 22.6 Å². The zero-order valence-corrected chi connectivity index (χ0v) is 9.87. The topological polar surface area (TPSA) is 63.8 Å². The van der Waals surface area contributed by atoms with Crippen LogP contribution in [0.4, 0.5) is 5.82 Å². The van der Waals surface area contributed by atoms with Gasteiger partial charge in [0.15, 0.2) is 0 Å². The molecule has 0 saturated heterocycles. The van der Waals surface area contributed by atoms with Gasteiger partial charge in [-0.1, -0.05) is 0 Å². The van der Waals surface area contributed by atoms with E-state index in [0.29, 0.717) is 6.54 Å². The summed E-state index contributed by atoms with van der Waals surface area (Å²) >= 11 is 2.19. The lowest BCUT2D eigenvalue weighted by Gasteiger charge is -2.25. The first-order valence-corrected chi connectivity index (χ1v) is 5.07. The van der Waals surface area contributed by atoms with Gasteiger partial charge < -0.3 is 11.1 Å². The van der Waals surface area contributed by atoms with Gasteiger partial charge in [-0.15, -0.1) is 0 Å². The highest BCUT2D eigenvalue weighted by Crippen LogP contribution is 2.16. The smallest absolute Gasteiger partial charge is 0.143 e. The number of hydrogen-bond donors (Lipinski definition) is 2. The second kappa shape index (κ2) is 4.19. The van der Waals surface area contributed by atoms with Crippen molar-refractivity contribution < 1.29 is 0 Å². The van der Waals surface area contributed by atoms with E-state index in [9.17, 15) is 0 Å². The van der Waals surface area contributed by atoms with Crippen LogP contribution < -0.4 is 11.1 Å². The maximum absolute atomic E-state index is 5.60. The van der Waals surface area contributed by atoms with E-state index in [0.717, 1.165) is 9.39 Å². The van der Waals surface area contributed by atoms with Gasteiger partial charge in [0.25, 0.3) is 0 Å². The Morgan fingerprint density at radius 3 is 2.85 bits per heavy atom. The van der Waals surface area contributed by atoms with Crippen molar-refractivity contribution in [2.45, 2.75) is 19.4 Å². The van der Waals surface area contributed by atoms with Crippen LogP contribution in [0.15, 0.2) is 12.5 Å². The number of rotatable bonds is 3. The molecule has 0 aromatic carbocycles. The monoisotopic (exact) mass is 292 g/mol. The molecule has 0 amide bonds. The van der Waals surface area contributed by atoms with Gasteiger partial charge in [-0.3, -0.25) is 0 Å². The third kappa shape index (κ3) is 3.07. The lowest BCUT2D eigenvalue weighted by atomic mass is 10.1. The first kappa shape index (κ1) is 10.6. The van der Waals surface area contributed by atoms with Gasteiger partial charge in [0.1, 0.15) is 12.1 Å². The van der Waals surface area contributed by atoms with E-state index in [-0.39, 0.29) is 5.54 Å². The van der Waals surface area contributed by atoms with Crippen molar-refractivity contribution in [1.29, 1.82) is 0 Å². The molecular weight excluding hydrogens is 279 g/mol. The van der Waals surface area contributed by atoms with Crippen LogP contribution in [-0.4, -0.2) is 22.1 Å². The fourth-order valence-corrected chi connectivity index (χ4v) is 1.21. The number of halogens is 1. The Hall–Kier alpha value is -0.430. The van der Waals surface area contributed by atoms with Gasteiger partial charge in [-0.25, -0.2) is 9.97 Å². The summed E-state index contributed by atoms with van der Waals surface area (Å²) in [6.07, 6.45) is 3.29. The molecule has 0 spiro atoms. The maximum atomic E-state index is 5.60. The molecule has 4 nitrogen and oxygen atoms in total. The first-order valence-electron chi connectivity index (χ1n) is 3.99. The van der Waals surface area contributed by atoms with Gasteiger partial charge >= 0.3 is 0 Å². The number of anilines is 1. The molecule has 1 rings (SSSR count). The molecule has 0 aliphatic carbocycles. The molecule has 5 heteroatoms. The molecule has 0 aliphatic heterocycles. The Morgan fingerprint density at radius 2 is 2.31 bits per heavy atom. The van der Waals surface area contributed by atoms with Crippen molar-refractivity contribution in [1.82, 2.24) is 9.97 Å². The van der Waals surface area contributed by atoms with Crippen molar-refractivity contribution >= 4 is 28.4 Å². The van der Waals surface area contributed by atoms with Crippen molar-refractivity contribution in [3.8, 4) is 0 Å². The Labute approximate surface area is 91.5 Å². The molecule has 0 unspecified atom stereocenters. The highest BCUT2D eigenvalue weighted by atomic mass is 127. The van der Waals surface area contributed by atoms with Crippen LogP contribution in [0.5, 0.6) is 0 Å². The van der Waals surface area contributed by atoms with Crippen molar-refractivity contribution in [3.63, 3.8) is 0 Å². The summed E-state index contributed by atoms with van der Waals surface area (Å²) < 4.78 is 1.00. The van der Waals surface area contributed by atoms with E-state index in [1.54, 1.807) is 6.20 Å². The molecule has 0 bridgehead atoms. The van der Waals surface area contributed by atoms with Crippen LogP contribution in [0, 0.1) is 3.57 Å². The van der Waals surface area contributed by atoms with Crippen LogP contribution in [-0.2, 0) is 0 Å². The number of nitrogens with one attached hydrogen (secondary N) is 1. The fraction of sp³-hybridized carbons (Fsp3) is 0.500. The predicted octanol–water partition coefficient (Wildman–Crippen LogP) is 1.23. The molecule has 0 saturated carbocycles. The van der Waals surface area contributed by atoms with E-state index < -0.39 is 0 Å². The van der Waals surface area contributed by atoms with E-state index in [2.05, 4.69) is 37.9 Å². The normalized spacial score (nSPS) is 11.4. The number of nitrogens with zero attached hydrogens (tertiary/aromatic N) is 2. The lowest BCUT2D eigenvalue weighted by Crippen LogP contribution is -2.39. The largest absolute Gasteiger partial charge is 0.363 e. The second-order valence-corrected chi connectivity index (χ2v) is 4.59. The quantitative estimate of drug-likeness (QED) is 0.823. The summed E-state index contributed by atoms with van der Waals surface area (Å²) in [5.74, 6) is 0.839. The van der Waals surface area contributed by atoms with Crippen LogP contribution in [0.3, 0.4) is 0 Å². The molecule has 0 aliphatic rings. The van der Waals surface area contributed by atoms with E-state index in [1.807, 2.05) is 13.8 Å². The number of hydrogen-bond acceptors (Lipinski definition) is 4. The molecule has 0 atom stereocenters. The highest BCUT2D eigenvalue weighted by molar-refractivity contribution is 14.1. The molecule has 1 aromatic heterocycles. The zero-order valence-electron chi connectivity index (χ0n) is 7.71. The second-order valence-electron chi connectivity index (χ2n) is 3.43. The van der Waals surface area contributed by atoms with E-state index in [4.69, 9.17) is 5.73 Å². The zero-order chi connectivity index (χ0) is 9.90. The van der Waals surface area contributed by atoms with Crippen LogP contribution in [0.25, 0.3) is 0 Å². The highest BCUT2D eigenvalue weighted by Gasteiger charge is 2.16. The van der Waals surface area contributed by atoms with Gasteiger partial charge in [0.2, 0.25) is 0 Å². The fourth-order valence-electron chi connectivity index (χ4n) is 0.776. The van der Waals surface area contributed by atoms with Crippen LogP contribution in [0.2, 0.25) is 0 Å². The third-order valence-electron chi connectivity index (χ3n) is 1.63. The summed E-state index contributed by atoms with van der Waals surface area (Å²) in [5, 5.41) is 3.25. The number of nitrogens with two attached hydrogens (primary N) is 1. The van der Waals surface area contributed by atoms with Gasteiger partial charge in [-0.2, -0.15) is 0 Å². The minimum absolute atomic E-state index is 0.131. The molecule has 1 aromatic rings. The molecule has 3 N–H and O–H groups in total. The van der Waals surface area contributed by atoms with Crippen LogP contribution in [0.1, 0.15) is 13.8 Å². The van der Waals surface area contributed by atoms with E-state index in [1.165, 1.54) is 6.33 Å². The molecule has 1 heterocycles. The minimum atomic E-state index is -0.131. The summed E-state index contributed by atoms with van der Waals surface area (Å²) in [6.45, 7) is 4.63. The standard InChI is InChI=1S/C8H13IN4/c1-8(2,4-10)13-7-6(9)3-11-5-12-7/h3,5H,4,10H2,1-2H3,(H,11,12,13). The molecule has 13 heavy (non-hydrogen) atoms. The Balaban J connectivity index is 2.80. The van der Waals surface area contributed by atoms with Gasteiger partial charge in [0.05, 0.1) is 3.57 Å². The Morgan fingerprint density at radius 1 is 1.62 bits per heavy atom. The van der Waals surface area contributed by atoms with Crippen molar-refractivity contribution in [2.75, 3.05) is 11.9 Å². The first-order chi connectivity index (χ1) is 6.05. The van der Waals surface area contributed by atoms with Crippen molar-refractivity contribution in [3.05, 3.63) is 16.1 Å². The molecular formula is C8H13IN4. The summed E-state index contributed by atoms with van der Waals surface area (Å²) in [7, 11) is 0. The molecule has 0 radical (unpaired) electrons. The summed E-state index contributed by atoms with van der Waals surface area (Å²) in [4.78, 5) is 8.04. The Kier molecular flexibility index (Phi) is 3.43. The van der Waals surface area contributed by atoms with E-state index >= 15 is 0 Å². The average molecular weight is 292 g/mol.